The van der Waals surface area contributed by atoms with Crippen LogP contribution in [0.3, 0.4) is 0 Å². The molecule has 0 bridgehead atoms. The lowest BCUT2D eigenvalue weighted by atomic mass is 9.85. The van der Waals surface area contributed by atoms with E-state index in [1.54, 1.807) is 0 Å². The summed E-state index contributed by atoms with van der Waals surface area (Å²) in [5.41, 5.74) is 10.4. The molecule has 0 fully saturated rings. The van der Waals surface area contributed by atoms with Crippen LogP contribution in [0, 0.1) is 6.92 Å². The minimum absolute atomic E-state index is 0.911. The molecule has 8 aromatic rings. The Morgan fingerprint density at radius 3 is 1.68 bits per heavy atom. The topological polar surface area (TPSA) is 13.1 Å². The van der Waals surface area contributed by atoms with E-state index in [9.17, 15) is 0 Å². The minimum Gasteiger partial charge on any atom is -0.456 e. The highest BCUT2D eigenvalue weighted by Gasteiger charge is 2.20. The highest BCUT2D eigenvalue weighted by molar-refractivity contribution is 6.25. The molecule has 0 aliphatic heterocycles. The number of benzene rings is 7. The van der Waals surface area contributed by atoms with E-state index < -0.39 is 0 Å². The van der Waals surface area contributed by atoms with Crippen molar-refractivity contribution in [3.8, 4) is 33.4 Å². The fourth-order valence-corrected chi connectivity index (χ4v) is 6.29. The van der Waals surface area contributed by atoms with Crippen LogP contribution in [0.2, 0.25) is 0 Å². The molecule has 0 spiro atoms. The number of hydrogen-bond donors (Lipinski definition) is 0. The molecule has 0 aliphatic rings. The van der Waals surface area contributed by atoms with Crippen LogP contribution in [-0.2, 0) is 0 Å². The second kappa shape index (κ2) is 8.97. The van der Waals surface area contributed by atoms with E-state index in [4.69, 9.17) is 4.42 Å². The van der Waals surface area contributed by atoms with Crippen molar-refractivity contribution in [1.82, 2.24) is 0 Å². The molecule has 1 aromatic heterocycles. The van der Waals surface area contributed by atoms with E-state index in [-0.39, 0.29) is 0 Å². The lowest BCUT2D eigenvalue weighted by molar-refractivity contribution is 0.669. The summed E-state index contributed by atoms with van der Waals surface area (Å²) in [6.07, 6.45) is 0. The van der Waals surface area contributed by atoms with Gasteiger partial charge >= 0.3 is 0 Å². The molecule has 0 saturated carbocycles. The van der Waals surface area contributed by atoms with Crippen molar-refractivity contribution in [1.29, 1.82) is 0 Å². The van der Waals surface area contributed by atoms with Crippen LogP contribution in [0.1, 0.15) is 5.56 Å². The standard InChI is InChI=1S/C39H26O/c1-25-18-20-26(21-19-25)28-22-23-33-36(24-28)40-35-17-9-16-34(39(33)35)38-31-14-7-5-12-29(31)37(27-10-3-2-4-11-27)30-13-6-8-15-32(30)38/h2-24H,1H3. The van der Waals surface area contributed by atoms with E-state index in [0.717, 1.165) is 27.5 Å². The Kier molecular flexibility index (Phi) is 5.11. The Labute approximate surface area is 232 Å². The van der Waals surface area contributed by atoms with Crippen LogP contribution in [0.5, 0.6) is 0 Å². The number of furan rings is 1. The summed E-state index contributed by atoms with van der Waals surface area (Å²) in [6, 6.07) is 50.1. The third-order valence-electron chi connectivity index (χ3n) is 8.15. The van der Waals surface area contributed by atoms with Crippen LogP contribution in [-0.4, -0.2) is 0 Å². The molecule has 188 valence electrons. The summed E-state index contributed by atoms with van der Waals surface area (Å²) in [4.78, 5) is 0. The summed E-state index contributed by atoms with van der Waals surface area (Å²) in [5.74, 6) is 0. The van der Waals surface area contributed by atoms with Crippen LogP contribution < -0.4 is 0 Å². The monoisotopic (exact) mass is 510 g/mol. The number of aryl methyl sites for hydroxylation is 1. The van der Waals surface area contributed by atoms with E-state index in [1.807, 2.05) is 0 Å². The van der Waals surface area contributed by atoms with Gasteiger partial charge in [-0.3, -0.25) is 0 Å². The fraction of sp³-hybridized carbons (Fsp3) is 0.0256. The van der Waals surface area contributed by atoms with Gasteiger partial charge in [-0.05, 0) is 80.0 Å². The summed E-state index contributed by atoms with van der Waals surface area (Å²) >= 11 is 0. The average Bonchev–Trinajstić information content (AvgIpc) is 3.39. The van der Waals surface area contributed by atoms with Gasteiger partial charge in [0.15, 0.2) is 0 Å². The first-order valence-electron chi connectivity index (χ1n) is 13.8. The van der Waals surface area contributed by atoms with Gasteiger partial charge in [0.1, 0.15) is 11.2 Å². The fourth-order valence-electron chi connectivity index (χ4n) is 6.29. The molecule has 0 saturated heterocycles. The van der Waals surface area contributed by atoms with Crippen molar-refractivity contribution in [2.45, 2.75) is 6.92 Å². The molecular weight excluding hydrogens is 484 g/mol. The largest absolute Gasteiger partial charge is 0.456 e. The quantitative estimate of drug-likeness (QED) is 0.215. The number of hydrogen-bond acceptors (Lipinski definition) is 1. The smallest absolute Gasteiger partial charge is 0.136 e. The van der Waals surface area contributed by atoms with E-state index in [0.29, 0.717) is 0 Å². The first kappa shape index (κ1) is 22.8. The molecule has 0 radical (unpaired) electrons. The van der Waals surface area contributed by atoms with Crippen molar-refractivity contribution >= 4 is 43.5 Å². The molecule has 0 aliphatic carbocycles. The second-order valence-electron chi connectivity index (χ2n) is 10.6. The zero-order valence-electron chi connectivity index (χ0n) is 22.2. The second-order valence-corrected chi connectivity index (χ2v) is 10.6. The Morgan fingerprint density at radius 2 is 1.00 bits per heavy atom. The lowest BCUT2D eigenvalue weighted by Gasteiger charge is -2.18. The summed E-state index contributed by atoms with van der Waals surface area (Å²) in [5, 5.41) is 7.32. The van der Waals surface area contributed by atoms with Crippen molar-refractivity contribution in [2.24, 2.45) is 0 Å². The zero-order chi connectivity index (χ0) is 26.6. The van der Waals surface area contributed by atoms with Crippen molar-refractivity contribution in [2.75, 3.05) is 0 Å². The Morgan fingerprint density at radius 1 is 0.400 bits per heavy atom. The molecule has 0 N–H and O–H groups in total. The van der Waals surface area contributed by atoms with Gasteiger partial charge in [-0.1, -0.05) is 127 Å². The molecule has 0 amide bonds. The van der Waals surface area contributed by atoms with Gasteiger partial charge in [0.25, 0.3) is 0 Å². The molecular formula is C39H26O. The maximum atomic E-state index is 6.52. The first-order chi connectivity index (χ1) is 19.8. The third-order valence-corrected chi connectivity index (χ3v) is 8.15. The van der Waals surface area contributed by atoms with Gasteiger partial charge in [-0.2, -0.15) is 0 Å². The number of fused-ring (bicyclic) bond motifs is 5. The average molecular weight is 511 g/mol. The van der Waals surface area contributed by atoms with Crippen LogP contribution >= 0.6 is 0 Å². The highest BCUT2D eigenvalue weighted by Crippen LogP contribution is 2.47. The van der Waals surface area contributed by atoms with Gasteiger partial charge in [-0.25, -0.2) is 0 Å². The van der Waals surface area contributed by atoms with Gasteiger partial charge < -0.3 is 4.42 Å². The normalized spacial score (nSPS) is 11.6. The van der Waals surface area contributed by atoms with Crippen molar-refractivity contribution in [3.05, 3.63) is 145 Å². The highest BCUT2D eigenvalue weighted by atomic mass is 16.3. The molecule has 0 unspecified atom stereocenters. The maximum absolute atomic E-state index is 6.52. The van der Waals surface area contributed by atoms with Crippen LogP contribution in [0.25, 0.3) is 76.9 Å². The summed E-state index contributed by atoms with van der Waals surface area (Å²) < 4.78 is 6.52. The van der Waals surface area contributed by atoms with Crippen LogP contribution in [0.15, 0.2) is 144 Å². The van der Waals surface area contributed by atoms with E-state index >= 15 is 0 Å². The summed E-state index contributed by atoms with van der Waals surface area (Å²) in [7, 11) is 0. The van der Waals surface area contributed by atoms with Gasteiger partial charge in [0.2, 0.25) is 0 Å². The SMILES string of the molecule is Cc1ccc(-c2ccc3c(c2)oc2cccc(-c4c5ccccc5c(-c5ccccc5)c5ccccc45)c23)cc1. The maximum Gasteiger partial charge on any atom is 0.136 e. The van der Waals surface area contributed by atoms with Gasteiger partial charge in [0, 0.05) is 10.8 Å². The number of rotatable bonds is 3. The predicted octanol–water partition coefficient (Wildman–Crippen LogP) is 11.2. The van der Waals surface area contributed by atoms with Crippen molar-refractivity contribution < 1.29 is 4.42 Å². The third kappa shape index (κ3) is 3.48. The molecule has 1 nitrogen and oxygen atoms in total. The molecule has 40 heavy (non-hydrogen) atoms. The van der Waals surface area contributed by atoms with E-state index in [1.165, 1.54) is 54.9 Å². The Bertz CT molecular complexity index is 2140. The molecule has 7 aromatic carbocycles. The Balaban J connectivity index is 1.45. The first-order valence-corrected chi connectivity index (χ1v) is 13.8. The summed E-state index contributed by atoms with van der Waals surface area (Å²) in [6.45, 7) is 2.12. The molecule has 1 heterocycles. The lowest BCUT2D eigenvalue weighted by Crippen LogP contribution is -1.91. The van der Waals surface area contributed by atoms with Gasteiger partial charge in [-0.15, -0.1) is 0 Å². The predicted molar refractivity (Wildman–Crippen MR) is 170 cm³/mol. The Hall–Kier alpha value is -5.14. The zero-order valence-corrected chi connectivity index (χ0v) is 22.2. The van der Waals surface area contributed by atoms with Crippen molar-refractivity contribution in [3.63, 3.8) is 0 Å². The molecule has 1 heteroatoms. The minimum atomic E-state index is 0.911. The molecule has 8 rings (SSSR count). The van der Waals surface area contributed by atoms with Crippen LogP contribution in [0.4, 0.5) is 0 Å². The molecule has 0 atom stereocenters. The van der Waals surface area contributed by atoms with E-state index in [2.05, 4.69) is 146 Å². The van der Waals surface area contributed by atoms with Gasteiger partial charge in [0.05, 0.1) is 0 Å².